The number of anilines is 6. The van der Waals surface area contributed by atoms with Crippen LogP contribution in [0.2, 0.25) is 0 Å². The number of fused-ring (bicyclic) bond motifs is 14. The van der Waals surface area contributed by atoms with Gasteiger partial charge in [-0.15, -0.1) is 0 Å². The van der Waals surface area contributed by atoms with Crippen LogP contribution >= 0.6 is 0 Å². The number of para-hydroxylation sites is 1. The van der Waals surface area contributed by atoms with Gasteiger partial charge in [-0.2, -0.15) is 0 Å². The normalized spacial score (nSPS) is 13.2. The van der Waals surface area contributed by atoms with Gasteiger partial charge in [0.2, 0.25) is 0 Å². The molecule has 2 aromatic heterocycles. The van der Waals surface area contributed by atoms with Gasteiger partial charge in [0.1, 0.15) is 22.3 Å². The van der Waals surface area contributed by atoms with E-state index in [2.05, 4.69) is 381 Å². The lowest BCUT2D eigenvalue weighted by atomic mass is 9.82. The van der Waals surface area contributed by atoms with E-state index in [9.17, 15) is 0 Å². The summed E-state index contributed by atoms with van der Waals surface area (Å²) in [6.45, 7) is 20.9. The first kappa shape index (κ1) is 63.9. The Bertz CT molecular complexity index is 6760. The minimum Gasteiger partial charge on any atom is -0.456 e. The summed E-state index contributed by atoms with van der Waals surface area (Å²) in [6.07, 6.45) is 0. The van der Waals surface area contributed by atoms with Crippen LogP contribution in [0.15, 0.2) is 318 Å². The quantitative estimate of drug-likeness (QED) is 0.129. The lowest BCUT2D eigenvalue weighted by Gasteiger charge is -2.32. The van der Waals surface area contributed by atoms with Crippen molar-refractivity contribution in [1.82, 2.24) is 0 Å². The maximum atomic E-state index is 7.28. The minimum atomic E-state index is -0.220. The molecular weight excluding hydrogens is 1300 g/mol. The summed E-state index contributed by atoms with van der Waals surface area (Å²) in [7, 11) is 0. The second kappa shape index (κ2) is 24.2. The fourth-order valence-electron chi connectivity index (χ4n) is 18.6. The Morgan fingerprint density at radius 3 is 1.26 bits per heavy atom. The van der Waals surface area contributed by atoms with Crippen molar-refractivity contribution in [2.45, 2.75) is 73.1 Å². The smallest absolute Gasteiger partial charge is 0.137 e. The highest BCUT2D eigenvalue weighted by Gasteiger charge is 2.38. The van der Waals surface area contributed by atoms with Gasteiger partial charge in [0.15, 0.2) is 0 Å². The summed E-state index contributed by atoms with van der Waals surface area (Å²) in [5.74, 6) is 0. The molecule has 4 nitrogen and oxygen atoms in total. The molecule has 20 rings (SSSR count). The van der Waals surface area contributed by atoms with Gasteiger partial charge >= 0.3 is 0 Å². The fraction of sp³-hybridized carbons (Fsp3) is 0.107. The van der Waals surface area contributed by atoms with Gasteiger partial charge in [0.25, 0.3) is 0 Å². The van der Waals surface area contributed by atoms with Crippen LogP contribution in [-0.4, -0.2) is 0 Å². The number of nitrogens with zero attached hydrogens (tertiary/aromatic N) is 2. The van der Waals surface area contributed by atoms with Crippen molar-refractivity contribution < 1.29 is 8.83 Å². The number of aryl methyl sites for hydroxylation is 5. The molecule has 512 valence electrons. The second-order valence-corrected chi connectivity index (χ2v) is 31.0. The summed E-state index contributed by atoms with van der Waals surface area (Å²) in [6, 6.07) is 115. The van der Waals surface area contributed by atoms with Gasteiger partial charge in [0, 0.05) is 78.4 Å². The summed E-state index contributed by atoms with van der Waals surface area (Å²) in [5.41, 5.74) is 37.5. The molecule has 18 aromatic rings. The second-order valence-electron chi connectivity index (χ2n) is 31.0. The molecule has 0 atom stereocenters. The molecule has 0 radical (unpaired) electrons. The van der Waals surface area contributed by atoms with E-state index in [1.807, 2.05) is 0 Å². The molecule has 0 fully saturated rings. The zero-order valence-corrected chi connectivity index (χ0v) is 61.7. The van der Waals surface area contributed by atoms with Crippen LogP contribution in [0.1, 0.15) is 77.8 Å². The van der Waals surface area contributed by atoms with Gasteiger partial charge in [-0.3, -0.25) is 0 Å². The van der Waals surface area contributed by atoms with Crippen molar-refractivity contribution in [3.63, 3.8) is 0 Å². The van der Waals surface area contributed by atoms with Gasteiger partial charge in [-0.05, 0) is 276 Å². The topological polar surface area (TPSA) is 32.8 Å². The minimum absolute atomic E-state index is 0.212. The Labute approximate surface area is 624 Å². The Balaban J connectivity index is 0.743. The molecule has 0 spiro atoms. The third-order valence-electron chi connectivity index (χ3n) is 23.8. The van der Waals surface area contributed by atoms with Crippen molar-refractivity contribution in [1.29, 1.82) is 0 Å². The predicted octanol–water partition coefficient (Wildman–Crippen LogP) is 29.2. The Morgan fingerprint density at radius 2 is 0.636 bits per heavy atom. The zero-order chi connectivity index (χ0) is 72.3. The van der Waals surface area contributed by atoms with Crippen molar-refractivity contribution in [2.24, 2.45) is 0 Å². The van der Waals surface area contributed by atoms with Crippen LogP contribution in [0.25, 0.3) is 143 Å². The average Bonchev–Trinajstić information content (AvgIpc) is 1.67. The highest BCUT2D eigenvalue weighted by molar-refractivity contribution is 6.11. The number of hydrogen-bond donors (Lipinski definition) is 0. The van der Waals surface area contributed by atoms with Gasteiger partial charge in [0.05, 0.1) is 11.4 Å². The van der Waals surface area contributed by atoms with E-state index in [1.54, 1.807) is 0 Å². The third-order valence-corrected chi connectivity index (χ3v) is 23.8. The van der Waals surface area contributed by atoms with Crippen molar-refractivity contribution in [3.05, 3.63) is 359 Å². The van der Waals surface area contributed by atoms with E-state index >= 15 is 0 Å². The van der Waals surface area contributed by atoms with E-state index in [0.29, 0.717) is 0 Å². The Kier molecular flexibility index (Phi) is 14.4. The molecule has 0 bridgehead atoms. The number of furan rings is 2. The van der Waals surface area contributed by atoms with E-state index < -0.39 is 0 Å². The predicted molar refractivity (Wildman–Crippen MR) is 451 cm³/mol. The van der Waals surface area contributed by atoms with Crippen LogP contribution in [0, 0.1) is 34.6 Å². The molecular formula is C103H78N2O2. The van der Waals surface area contributed by atoms with E-state index in [-0.39, 0.29) is 10.8 Å². The standard InChI is InChI=1S/C103H78N2O2/c1-61-24-10-13-30-76(61)89-54-71(51-64(4)100(89)104(74-43-48-86-84-35-18-21-39-95(84)106-97(86)59-74)72-41-46-82-80-33-16-19-37-91(80)102(6,7)93(82)57-72)88-53-69(52-68-28-12-15-32-78(68)88)67-40-45-85-87-49-44-75(60-98(87)107-96(85)56-67)105(73-42-47-83-81-34-17-20-38-92(81)103(8,9)94(83)58-73)101-65(5)50-70(55-90(101)99-62(2)25-22-26-63(99)3)79-36-23-29-66-27-11-14-31-77(66)79/h10-60H,1-9H3. The van der Waals surface area contributed by atoms with Gasteiger partial charge < -0.3 is 18.6 Å². The van der Waals surface area contributed by atoms with Crippen LogP contribution in [0.4, 0.5) is 34.1 Å². The highest BCUT2D eigenvalue weighted by atomic mass is 16.3. The van der Waals surface area contributed by atoms with Crippen LogP contribution in [-0.2, 0) is 10.8 Å². The lowest BCUT2D eigenvalue weighted by molar-refractivity contribution is 0.660. The van der Waals surface area contributed by atoms with Crippen LogP contribution in [0.5, 0.6) is 0 Å². The van der Waals surface area contributed by atoms with Gasteiger partial charge in [-0.1, -0.05) is 222 Å². The highest BCUT2D eigenvalue weighted by Crippen LogP contribution is 2.56. The van der Waals surface area contributed by atoms with Crippen molar-refractivity contribution in [3.8, 4) is 77.9 Å². The molecule has 0 N–H and O–H groups in total. The molecule has 0 unspecified atom stereocenters. The summed E-state index contributed by atoms with van der Waals surface area (Å²) in [4.78, 5) is 5.01. The number of benzene rings is 16. The summed E-state index contributed by atoms with van der Waals surface area (Å²) >= 11 is 0. The molecule has 4 heteroatoms. The molecule has 0 saturated carbocycles. The maximum Gasteiger partial charge on any atom is 0.137 e. The van der Waals surface area contributed by atoms with E-state index in [4.69, 9.17) is 8.83 Å². The summed E-state index contributed by atoms with van der Waals surface area (Å²) < 4.78 is 14.0. The monoisotopic (exact) mass is 1370 g/mol. The number of rotatable bonds is 11. The van der Waals surface area contributed by atoms with Gasteiger partial charge in [-0.25, -0.2) is 0 Å². The first-order valence-corrected chi connectivity index (χ1v) is 37.5. The molecule has 0 aliphatic heterocycles. The largest absolute Gasteiger partial charge is 0.456 e. The van der Waals surface area contributed by atoms with E-state index in [1.165, 1.54) is 111 Å². The first-order valence-electron chi connectivity index (χ1n) is 37.5. The van der Waals surface area contributed by atoms with Crippen LogP contribution in [0.3, 0.4) is 0 Å². The molecule has 0 amide bonds. The maximum absolute atomic E-state index is 7.28. The number of hydrogen-bond acceptors (Lipinski definition) is 4. The van der Waals surface area contributed by atoms with E-state index in [0.717, 1.165) is 117 Å². The Morgan fingerprint density at radius 1 is 0.224 bits per heavy atom. The zero-order valence-electron chi connectivity index (χ0n) is 61.7. The molecule has 2 heterocycles. The molecule has 107 heavy (non-hydrogen) atoms. The third kappa shape index (κ3) is 10.0. The van der Waals surface area contributed by atoms with Crippen molar-refractivity contribution in [2.75, 3.05) is 9.80 Å². The Hall–Kier alpha value is -12.8. The average molecular weight is 1380 g/mol. The first-order chi connectivity index (χ1) is 52.1. The fourth-order valence-corrected chi connectivity index (χ4v) is 18.6. The lowest BCUT2D eigenvalue weighted by Crippen LogP contribution is -2.17. The van der Waals surface area contributed by atoms with Crippen LogP contribution < -0.4 is 9.80 Å². The van der Waals surface area contributed by atoms with Crippen molar-refractivity contribution >= 4 is 99.5 Å². The molecule has 0 saturated heterocycles. The molecule has 2 aliphatic rings. The summed E-state index contributed by atoms with van der Waals surface area (Å²) in [5, 5.41) is 9.15. The molecule has 16 aromatic carbocycles. The SMILES string of the molecule is Cc1ccccc1-c1cc(-c2cc(-c3ccc4c(c3)oc3cc(N(c5ccc6c(c5)C(C)(C)c5ccccc5-6)c5c(C)cc(-c6cccc7ccccc67)cc5-c5c(C)cccc5C)ccc34)cc3ccccc23)cc(C)c1N(c1ccc2c(c1)C(C)(C)c1ccccc1-2)c1ccc2c(c1)oc1ccccc12. The molecule has 2 aliphatic carbocycles.